The molecular formula is C20H20ClF4N3O5. The van der Waals surface area contributed by atoms with Gasteiger partial charge in [0.2, 0.25) is 11.8 Å². The van der Waals surface area contributed by atoms with Gasteiger partial charge in [0, 0.05) is 5.02 Å². The van der Waals surface area contributed by atoms with Gasteiger partial charge < -0.3 is 19.2 Å². The summed E-state index contributed by atoms with van der Waals surface area (Å²) < 4.78 is 72.5. The number of aromatic nitrogens is 2. The molecule has 1 saturated carbocycles. The van der Waals surface area contributed by atoms with Crippen LogP contribution in [0.25, 0.3) is 0 Å². The number of halogens is 5. The minimum absolute atomic E-state index is 0.0633. The lowest BCUT2D eigenvalue weighted by Crippen LogP contribution is -2.43. The van der Waals surface area contributed by atoms with Gasteiger partial charge in [-0.3, -0.25) is 9.53 Å². The summed E-state index contributed by atoms with van der Waals surface area (Å²) in [6.07, 6.45) is -3.71. The molecule has 2 aromatic rings. The lowest BCUT2D eigenvalue weighted by molar-refractivity contribution is -0.387. The molecule has 1 amide bonds. The van der Waals surface area contributed by atoms with Crippen LogP contribution < -0.4 is 10.1 Å². The average molecular weight is 494 g/mol. The first kappa shape index (κ1) is 23.7. The minimum Gasteiger partial charge on any atom is -0.481 e. The lowest BCUT2D eigenvalue weighted by atomic mass is 9.80. The number of alkyl halides is 3. The molecule has 180 valence electrons. The van der Waals surface area contributed by atoms with Crippen molar-refractivity contribution in [1.82, 2.24) is 15.5 Å². The van der Waals surface area contributed by atoms with Crippen LogP contribution in [0, 0.1) is 5.82 Å². The first-order valence-corrected chi connectivity index (χ1v) is 10.6. The van der Waals surface area contributed by atoms with Crippen molar-refractivity contribution in [3.05, 3.63) is 40.8 Å². The van der Waals surface area contributed by atoms with Gasteiger partial charge in [-0.05, 0) is 50.3 Å². The standard InChI is InChI=1S/C20H20ClF4N3O5/c21-11-2-4-14(13(22)8-11)31-10-16(29)26-12-3-5-15(30-9-12)17-27-28-18(32-17)19(6-1-7-19)33-20(23,24)25/h2,4,8,12,15H,1,3,5-7,9-10H2,(H,26,29)/t12-,15+/m1/s1. The number of hydrogen-bond donors (Lipinski definition) is 1. The van der Waals surface area contributed by atoms with Crippen LogP contribution in [0.3, 0.4) is 0 Å². The molecule has 1 N–H and O–H groups in total. The van der Waals surface area contributed by atoms with Crippen molar-refractivity contribution in [3.63, 3.8) is 0 Å². The third-order valence-electron chi connectivity index (χ3n) is 5.47. The zero-order valence-electron chi connectivity index (χ0n) is 17.2. The highest BCUT2D eigenvalue weighted by atomic mass is 35.5. The molecule has 2 aliphatic rings. The molecule has 8 nitrogen and oxygen atoms in total. The lowest BCUT2D eigenvalue weighted by Gasteiger charge is -2.38. The van der Waals surface area contributed by atoms with E-state index < -0.39 is 36.4 Å². The molecule has 4 rings (SSSR count). The van der Waals surface area contributed by atoms with E-state index in [4.69, 9.17) is 25.5 Å². The second-order valence-electron chi connectivity index (χ2n) is 7.87. The maximum absolute atomic E-state index is 13.7. The summed E-state index contributed by atoms with van der Waals surface area (Å²) >= 11 is 5.67. The number of nitrogens with zero attached hydrogens (tertiary/aromatic N) is 2. The summed E-state index contributed by atoms with van der Waals surface area (Å²) in [6, 6.07) is 3.51. The Morgan fingerprint density at radius 3 is 2.67 bits per heavy atom. The Kier molecular flexibility index (Phi) is 6.78. The summed E-state index contributed by atoms with van der Waals surface area (Å²) in [4.78, 5) is 12.1. The third kappa shape index (κ3) is 5.74. The van der Waals surface area contributed by atoms with E-state index in [1.54, 1.807) is 0 Å². The summed E-state index contributed by atoms with van der Waals surface area (Å²) in [5.74, 6) is -1.39. The Hall–Kier alpha value is -2.44. The van der Waals surface area contributed by atoms with E-state index in [1.807, 2.05) is 0 Å². The van der Waals surface area contributed by atoms with Crippen molar-refractivity contribution in [1.29, 1.82) is 0 Å². The van der Waals surface area contributed by atoms with Gasteiger partial charge in [0.05, 0.1) is 12.6 Å². The molecule has 1 aromatic carbocycles. The number of hydrogen-bond acceptors (Lipinski definition) is 7. The second kappa shape index (κ2) is 9.43. The molecule has 1 saturated heterocycles. The maximum Gasteiger partial charge on any atom is 0.523 e. The Bertz CT molecular complexity index is 990. The topological polar surface area (TPSA) is 95.7 Å². The summed E-state index contributed by atoms with van der Waals surface area (Å²) in [7, 11) is 0. The van der Waals surface area contributed by atoms with Crippen molar-refractivity contribution in [3.8, 4) is 5.75 Å². The normalized spacial score (nSPS) is 22.5. The fourth-order valence-electron chi connectivity index (χ4n) is 3.69. The van der Waals surface area contributed by atoms with Gasteiger partial charge >= 0.3 is 6.36 Å². The Labute approximate surface area is 190 Å². The molecule has 1 aliphatic heterocycles. The van der Waals surface area contributed by atoms with Crippen LogP contribution in [0.15, 0.2) is 22.6 Å². The fraction of sp³-hybridized carbons (Fsp3) is 0.550. The predicted octanol–water partition coefficient (Wildman–Crippen LogP) is 4.19. The number of carbonyl (C=O) groups is 1. The number of amides is 1. The first-order valence-electron chi connectivity index (χ1n) is 10.2. The Morgan fingerprint density at radius 2 is 2.06 bits per heavy atom. The molecule has 0 radical (unpaired) electrons. The summed E-state index contributed by atoms with van der Waals surface area (Å²) in [5.41, 5.74) is -1.64. The summed E-state index contributed by atoms with van der Waals surface area (Å²) in [5, 5.41) is 10.5. The van der Waals surface area contributed by atoms with E-state index in [1.165, 1.54) is 12.1 Å². The number of rotatable bonds is 7. The van der Waals surface area contributed by atoms with E-state index in [-0.39, 0.29) is 48.0 Å². The van der Waals surface area contributed by atoms with Crippen LogP contribution in [0.1, 0.15) is 50.0 Å². The Morgan fingerprint density at radius 1 is 1.27 bits per heavy atom. The van der Waals surface area contributed by atoms with E-state index in [0.29, 0.717) is 19.3 Å². The molecule has 0 spiro atoms. The van der Waals surface area contributed by atoms with Crippen molar-refractivity contribution >= 4 is 17.5 Å². The van der Waals surface area contributed by atoms with E-state index >= 15 is 0 Å². The zero-order chi connectivity index (χ0) is 23.6. The minimum atomic E-state index is -4.81. The molecule has 0 unspecified atom stereocenters. The molecule has 33 heavy (non-hydrogen) atoms. The molecular weight excluding hydrogens is 474 g/mol. The molecule has 13 heteroatoms. The molecule has 2 fully saturated rings. The second-order valence-corrected chi connectivity index (χ2v) is 8.30. The third-order valence-corrected chi connectivity index (χ3v) is 5.71. The zero-order valence-corrected chi connectivity index (χ0v) is 17.9. The molecule has 1 aromatic heterocycles. The largest absolute Gasteiger partial charge is 0.523 e. The first-order chi connectivity index (χ1) is 15.6. The van der Waals surface area contributed by atoms with Crippen LogP contribution in [0.4, 0.5) is 17.6 Å². The van der Waals surface area contributed by atoms with Gasteiger partial charge in [-0.25, -0.2) is 4.39 Å². The van der Waals surface area contributed by atoms with Crippen LogP contribution in [0.5, 0.6) is 5.75 Å². The van der Waals surface area contributed by atoms with Crippen molar-refractivity contribution in [2.75, 3.05) is 13.2 Å². The highest BCUT2D eigenvalue weighted by Gasteiger charge is 2.52. The number of carbonyl (C=O) groups excluding carboxylic acids is 1. The van der Waals surface area contributed by atoms with Crippen molar-refractivity contribution in [2.24, 2.45) is 0 Å². The highest BCUT2D eigenvalue weighted by Crippen LogP contribution is 2.48. The van der Waals surface area contributed by atoms with Crippen molar-refractivity contribution in [2.45, 2.75) is 56.2 Å². The van der Waals surface area contributed by atoms with Gasteiger partial charge in [-0.2, -0.15) is 0 Å². The SMILES string of the molecule is O=C(COc1ccc(Cl)cc1F)N[C@@H]1CC[C@@H](c2nnc(C3(OC(F)(F)F)CCC3)o2)OC1. The van der Waals surface area contributed by atoms with Gasteiger partial charge in [-0.15, -0.1) is 23.4 Å². The van der Waals surface area contributed by atoms with Crippen LogP contribution >= 0.6 is 11.6 Å². The van der Waals surface area contributed by atoms with Crippen LogP contribution in [0.2, 0.25) is 5.02 Å². The van der Waals surface area contributed by atoms with E-state index in [2.05, 4.69) is 20.3 Å². The van der Waals surface area contributed by atoms with Gasteiger partial charge in [0.1, 0.15) is 6.10 Å². The molecule has 2 atom stereocenters. The van der Waals surface area contributed by atoms with Crippen LogP contribution in [-0.2, 0) is 19.9 Å². The molecule has 0 bridgehead atoms. The quantitative estimate of drug-likeness (QED) is 0.578. The molecule has 1 aliphatic carbocycles. The number of nitrogens with one attached hydrogen (secondary N) is 1. The van der Waals surface area contributed by atoms with Crippen LogP contribution in [-0.4, -0.2) is 41.7 Å². The maximum atomic E-state index is 13.7. The predicted molar refractivity (Wildman–Crippen MR) is 104 cm³/mol. The molecule has 2 heterocycles. The number of benzene rings is 1. The Balaban J connectivity index is 1.26. The highest BCUT2D eigenvalue weighted by molar-refractivity contribution is 6.30. The van der Waals surface area contributed by atoms with Gasteiger partial charge in [-0.1, -0.05) is 11.6 Å². The smallest absolute Gasteiger partial charge is 0.481 e. The van der Waals surface area contributed by atoms with Gasteiger partial charge in [0.25, 0.3) is 5.91 Å². The van der Waals surface area contributed by atoms with E-state index in [9.17, 15) is 22.4 Å². The average Bonchev–Trinajstić information content (AvgIpc) is 3.20. The number of ether oxygens (including phenoxy) is 3. The van der Waals surface area contributed by atoms with E-state index in [0.717, 1.165) is 6.07 Å². The summed E-state index contributed by atoms with van der Waals surface area (Å²) in [6.45, 7) is -0.277. The van der Waals surface area contributed by atoms with Gasteiger partial charge in [0.15, 0.2) is 23.8 Å². The monoisotopic (exact) mass is 493 g/mol. The van der Waals surface area contributed by atoms with Crippen molar-refractivity contribution < 1.29 is 41.0 Å². The fourth-order valence-corrected chi connectivity index (χ4v) is 3.85.